The first-order valence-electron chi connectivity index (χ1n) is 8.85. The van der Waals surface area contributed by atoms with Gasteiger partial charge in [0.05, 0.1) is 18.7 Å². The van der Waals surface area contributed by atoms with Gasteiger partial charge in [-0.05, 0) is 25.1 Å². The lowest BCUT2D eigenvalue weighted by Crippen LogP contribution is -2.38. The molecule has 2 aromatic carbocycles. The largest absolute Gasteiger partial charge is 0.378 e. The molecule has 0 N–H and O–H groups in total. The fraction of sp³-hybridized carbons (Fsp3) is 0.250. The maximum absolute atomic E-state index is 5.52. The van der Waals surface area contributed by atoms with Crippen LogP contribution in [0.5, 0.6) is 0 Å². The molecule has 1 fully saturated rings. The number of aryl methyl sites for hydroxylation is 1. The van der Waals surface area contributed by atoms with E-state index in [-0.39, 0.29) is 0 Å². The van der Waals surface area contributed by atoms with E-state index in [4.69, 9.17) is 9.72 Å². The Morgan fingerprint density at radius 1 is 0.962 bits per heavy atom. The van der Waals surface area contributed by atoms with Gasteiger partial charge >= 0.3 is 0 Å². The van der Waals surface area contributed by atoms with E-state index < -0.39 is 0 Å². The van der Waals surface area contributed by atoms with Gasteiger partial charge in [-0.3, -0.25) is 0 Å². The first-order valence-corrected chi connectivity index (χ1v) is 8.85. The first kappa shape index (κ1) is 15.3. The maximum Gasteiger partial charge on any atom is 0.213 e. The number of morpholine rings is 1. The zero-order valence-electron chi connectivity index (χ0n) is 14.6. The second kappa shape index (κ2) is 6.07. The van der Waals surface area contributed by atoms with Crippen molar-refractivity contribution < 1.29 is 4.74 Å². The fourth-order valence-electron chi connectivity index (χ4n) is 3.51. The number of hydrogen-bond donors (Lipinski definition) is 0. The molecule has 0 radical (unpaired) electrons. The van der Waals surface area contributed by atoms with E-state index in [0.29, 0.717) is 13.2 Å². The number of nitrogens with zero attached hydrogens (tertiary/aromatic N) is 5. The van der Waals surface area contributed by atoms with Gasteiger partial charge in [-0.1, -0.05) is 35.9 Å². The summed E-state index contributed by atoms with van der Waals surface area (Å²) >= 11 is 0. The molecular formula is C20H19N5O. The lowest BCUT2D eigenvalue weighted by atomic mass is 10.1. The van der Waals surface area contributed by atoms with Gasteiger partial charge < -0.3 is 9.64 Å². The van der Waals surface area contributed by atoms with E-state index in [0.717, 1.165) is 47.0 Å². The normalized spacial score (nSPS) is 15.0. The van der Waals surface area contributed by atoms with E-state index in [1.165, 1.54) is 5.56 Å². The molecule has 4 aromatic rings. The summed E-state index contributed by atoms with van der Waals surface area (Å²) in [5.74, 6) is 1.70. The van der Waals surface area contributed by atoms with Gasteiger partial charge in [-0.2, -0.15) is 0 Å². The first-order chi connectivity index (χ1) is 12.8. The average molecular weight is 345 g/mol. The molecule has 1 saturated heterocycles. The van der Waals surface area contributed by atoms with Crippen molar-refractivity contribution in [3.63, 3.8) is 0 Å². The minimum atomic E-state index is 0.706. The predicted molar refractivity (Wildman–Crippen MR) is 101 cm³/mol. The van der Waals surface area contributed by atoms with Gasteiger partial charge in [0.2, 0.25) is 5.95 Å². The molecule has 0 amide bonds. The van der Waals surface area contributed by atoms with Gasteiger partial charge in [0.15, 0.2) is 11.5 Å². The molecule has 26 heavy (non-hydrogen) atoms. The molecule has 0 bridgehead atoms. The lowest BCUT2D eigenvalue weighted by molar-refractivity contribution is 0.122. The predicted octanol–water partition coefficient (Wildman–Crippen LogP) is 3.09. The standard InChI is InChI=1S/C20H19N5O/c1-14-5-4-6-15(13-14)18-22-23-19-16-7-2-3-8-17(16)21-20(25(18)19)24-9-11-26-12-10-24/h2-8,13H,9-12H2,1H3. The highest BCUT2D eigenvalue weighted by Crippen LogP contribution is 2.29. The summed E-state index contributed by atoms with van der Waals surface area (Å²) in [6, 6.07) is 16.4. The van der Waals surface area contributed by atoms with Crippen molar-refractivity contribution in [1.29, 1.82) is 0 Å². The molecule has 5 rings (SSSR count). The Morgan fingerprint density at radius 2 is 1.81 bits per heavy atom. The third-order valence-electron chi connectivity index (χ3n) is 4.80. The van der Waals surface area contributed by atoms with Crippen LogP contribution in [-0.2, 0) is 4.74 Å². The van der Waals surface area contributed by atoms with Gasteiger partial charge in [0.25, 0.3) is 0 Å². The molecule has 3 heterocycles. The van der Waals surface area contributed by atoms with Crippen LogP contribution < -0.4 is 4.90 Å². The summed E-state index contributed by atoms with van der Waals surface area (Å²) in [6.07, 6.45) is 0. The molecule has 0 spiro atoms. The summed E-state index contributed by atoms with van der Waals surface area (Å²) in [7, 11) is 0. The smallest absolute Gasteiger partial charge is 0.213 e. The lowest BCUT2D eigenvalue weighted by Gasteiger charge is -2.28. The number of benzene rings is 2. The van der Waals surface area contributed by atoms with Crippen molar-refractivity contribution in [3.05, 3.63) is 54.1 Å². The van der Waals surface area contributed by atoms with Crippen LogP contribution in [0.4, 0.5) is 5.95 Å². The number of hydrogen-bond acceptors (Lipinski definition) is 5. The van der Waals surface area contributed by atoms with Crippen LogP contribution >= 0.6 is 0 Å². The maximum atomic E-state index is 5.52. The third-order valence-corrected chi connectivity index (χ3v) is 4.80. The second-order valence-electron chi connectivity index (χ2n) is 6.58. The van der Waals surface area contributed by atoms with Crippen molar-refractivity contribution in [3.8, 4) is 11.4 Å². The zero-order valence-corrected chi connectivity index (χ0v) is 14.6. The molecule has 0 aliphatic carbocycles. The molecule has 6 nitrogen and oxygen atoms in total. The summed E-state index contributed by atoms with van der Waals surface area (Å²) in [6.45, 7) is 5.12. The highest BCUT2D eigenvalue weighted by molar-refractivity contribution is 5.93. The highest BCUT2D eigenvalue weighted by atomic mass is 16.5. The van der Waals surface area contributed by atoms with Crippen LogP contribution in [0, 0.1) is 6.92 Å². The quantitative estimate of drug-likeness (QED) is 0.559. The second-order valence-corrected chi connectivity index (χ2v) is 6.58. The van der Waals surface area contributed by atoms with E-state index in [9.17, 15) is 0 Å². The van der Waals surface area contributed by atoms with Crippen molar-refractivity contribution in [2.24, 2.45) is 0 Å². The van der Waals surface area contributed by atoms with Crippen molar-refractivity contribution in [1.82, 2.24) is 19.6 Å². The SMILES string of the molecule is Cc1cccc(-c2nnc3c4ccccc4nc(N4CCOCC4)n23)c1. The third kappa shape index (κ3) is 2.42. The number of fused-ring (bicyclic) bond motifs is 3. The molecule has 2 aromatic heterocycles. The highest BCUT2D eigenvalue weighted by Gasteiger charge is 2.21. The summed E-state index contributed by atoms with van der Waals surface area (Å²) in [5.41, 5.74) is 4.02. The summed E-state index contributed by atoms with van der Waals surface area (Å²) < 4.78 is 7.61. The number of para-hydroxylation sites is 1. The van der Waals surface area contributed by atoms with Crippen LogP contribution in [0.1, 0.15) is 5.56 Å². The van der Waals surface area contributed by atoms with E-state index in [1.807, 2.05) is 18.2 Å². The van der Waals surface area contributed by atoms with E-state index >= 15 is 0 Å². The van der Waals surface area contributed by atoms with Crippen molar-refractivity contribution >= 4 is 22.5 Å². The van der Waals surface area contributed by atoms with Crippen LogP contribution in [0.3, 0.4) is 0 Å². The van der Waals surface area contributed by atoms with Gasteiger partial charge in [-0.25, -0.2) is 9.38 Å². The van der Waals surface area contributed by atoms with Crippen LogP contribution in [0.15, 0.2) is 48.5 Å². The molecule has 0 saturated carbocycles. The van der Waals surface area contributed by atoms with Crippen molar-refractivity contribution in [2.45, 2.75) is 6.92 Å². The average Bonchev–Trinajstić information content (AvgIpc) is 3.13. The Bertz CT molecular complexity index is 1100. The molecule has 130 valence electrons. The Hall–Kier alpha value is -2.99. The topological polar surface area (TPSA) is 55.5 Å². The van der Waals surface area contributed by atoms with Crippen LogP contribution in [0.25, 0.3) is 27.9 Å². The summed E-state index contributed by atoms with van der Waals surface area (Å²) in [5, 5.41) is 10.1. The Kier molecular flexibility index (Phi) is 3.57. The minimum Gasteiger partial charge on any atom is -0.378 e. The Morgan fingerprint density at radius 3 is 2.65 bits per heavy atom. The molecule has 0 atom stereocenters. The van der Waals surface area contributed by atoms with Crippen LogP contribution in [-0.4, -0.2) is 45.9 Å². The fourth-order valence-corrected chi connectivity index (χ4v) is 3.51. The van der Waals surface area contributed by atoms with E-state index in [2.05, 4.69) is 56.8 Å². The number of aromatic nitrogens is 4. The minimum absolute atomic E-state index is 0.706. The number of rotatable bonds is 2. The van der Waals surface area contributed by atoms with Crippen LogP contribution in [0.2, 0.25) is 0 Å². The molecule has 0 unspecified atom stereocenters. The number of anilines is 1. The Balaban J connectivity index is 1.83. The molecule has 1 aliphatic rings. The molecule has 6 heteroatoms. The monoisotopic (exact) mass is 345 g/mol. The van der Waals surface area contributed by atoms with Gasteiger partial charge in [0, 0.05) is 24.0 Å². The van der Waals surface area contributed by atoms with Gasteiger partial charge in [0.1, 0.15) is 0 Å². The molecule has 1 aliphatic heterocycles. The van der Waals surface area contributed by atoms with Gasteiger partial charge in [-0.15, -0.1) is 10.2 Å². The van der Waals surface area contributed by atoms with Crippen molar-refractivity contribution in [2.75, 3.05) is 31.2 Å². The zero-order chi connectivity index (χ0) is 17.5. The number of ether oxygens (including phenoxy) is 1. The Labute approximate surface area is 151 Å². The summed E-state index contributed by atoms with van der Waals surface area (Å²) in [4.78, 5) is 7.22. The molecular weight excluding hydrogens is 326 g/mol. The van der Waals surface area contributed by atoms with E-state index in [1.54, 1.807) is 0 Å².